The van der Waals surface area contributed by atoms with Crippen molar-refractivity contribution in [1.29, 1.82) is 0 Å². The summed E-state index contributed by atoms with van der Waals surface area (Å²) in [6.07, 6.45) is 0.947. The van der Waals surface area contributed by atoms with Crippen LogP contribution in [0.3, 0.4) is 0 Å². The van der Waals surface area contributed by atoms with Crippen molar-refractivity contribution in [2.75, 3.05) is 0 Å². The molecule has 0 aliphatic heterocycles. The van der Waals surface area contributed by atoms with E-state index in [1.807, 2.05) is 12.1 Å². The van der Waals surface area contributed by atoms with E-state index in [-0.39, 0.29) is 5.82 Å². The number of benzene rings is 2. The summed E-state index contributed by atoms with van der Waals surface area (Å²) in [5.74, 6) is -0.190. The fourth-order valence-corrected chi connectivity index (χ4v) is 3.75. The standard InChI is InChI=1S/C17H12FIS/c18-14-6-4-13(5-7-14)17-9-8-16(20-17)11-12-2-1-3-15(19)10-12/h1-10H,11H2. The lowest BCUT2D eigenvalue weighted by atomic mass is 10.1. The summed E-state index contributed by atoms with van der Waals surface area (Å²) in [5, 5.41) is 0. The van der Waals surface area contributed by atoms with Crippen molar-refractivity contribution in [3.05, 3.63) is 80.5 Å². The van der Waals surface area contributed by atoms with Crippen LogP contribution in [0.1, 0.15) is 10.4 Å². The Morgan fingerprint density at radius 3 is 2.50 bits per heavy atom. The molecule has 1 aromatic heterocycles. The van der Waals surface area contributed by atoms with E-state index in [0.29, 0.717) is 0 Å². The van der Waals surface area contributed by atoms with Crippen molar-refractivity contribution in [3.63, 3.8) is 0 Å². The zero-order chi connectivity index (χ0) is 13.9. The lowest BCUT2D eigenvalue weighted by molar-refractivity contribution is 0.628. The summed E-state index contributed by atoms with van der Waals surface area (Å²) in [6.45, 7) is 0. The third-order valence-corrected chi connectivity index (χ3v) is 4.86. The van der Waals surface area contributed by atoms with Crippen LogP contribution >= 0.6 is 33.9 Å². The number of hydrogen-bond donors (Lipinski definition) is 0. The van der Waals surface area contributed by atoms with Crippen molar-refractivity contribution in [1.82, 2.24) is 0 Å². The summed E-state index contributed by atoms with van der Waals surface area (Å²) >= 11 is 4.10. The van der Waals surface area contributed by atoms with E-state index < -0.39 is 0 Å². The molecule has 0 amide bonds. The van der Waals surface area contributed by atoms with Crippen LogP contribution in [0.25, 0.3) is 10.4 Å². The van der Waals surface area contributed by atoms with Crippen LogP contribution in [0.4, 0.5) is 4.39 Å². The van der Waals surface area contributed by atoms with Gasteiger partial charge in [-0.15, -0.1) is 11.3 Å². The Morgan fingerprint density at radius 1 is 0.950 bits per heavy atom. The third kappa shape index (κ3) is 3.27. The molecule has 0 nitrogen and oxygen atoms in total. The largest absolute Gasteiger partial charge is 0.207 e. The molecule has 0 spiro atoms. The molecule has 0 unspecified atom stereocenters. The topological polar surface area (TPSA) is 0 Å². The number of halogens is 2. The molecule has 0 atom stereocenters. The van der Waals surface area contributed by atoms with Crippen LogP contribution in [0.5, 0.6) is 0 Å². The summed E-state index contributed by atoms with van der Waals surface area (Å²) < 4.78 is 14.2. The molecule has 0 fully saturated rings. The number of hydrogen-bond acceptors (Lipinski definition) is 1. The molecule has 0 radical (unpaired) electrons. The Bertz CT molecular complexity index is 716. The zero-order valence-electron chi connectivity index (χ0n) is 10.6. The second-order valence-electron chi connectivity index (χ2n) is 4.58. The second-order valence-corrected chi connectivity index (χ2v) is 6.99. The van der Waals surface area contributed by atoms with E-state index in [0.717, 1.165) is 12.0 Å². The quantitative estimate of drug-likeness (QED) is 0.497. The Balaban J connectivity index is 1.82. The van der Waals surface area contributed by atoms with E-state index in [9.17, 15) is 4.39 Å². The molecule has 2 aromatic carbocycles. The predicted molar refractivity (Wildman–Crippen MR) is 91.7 cm³/mol. The second kappa shape index (κ2) is 6.06. The minimum absolute atomic E-state index is 0.190. The summed E-state index contributed by atoms with van der Waals surface area (Å²) in [4.78, 5) is 2.51. The van der Waals surface area contributed by atoms with E-state index in [1.54, 1.807) is 11.3 Å². The Morgan fingerprint density at radius 2 is 1.75 bits per heavy atom. The molecule has 0 N–H and O–H groups in total. The fraction of sp³-hybridized carbons (Fsp3) is 0.0588. The van der Waals surface area contributed by atoms with Crippen molar-refractivity contribution in [2.24, 2.45) is 0 Å². The highest BCUT2D eigenvalue weighted by Crippen LogP contribution is 2.29. The van der Waals surface area contributed by atoms with Gasteiger partial charge in [-0.25, -0.2) is 4.39 Å². The van der Waals surface area contributed by atoms with Gasteiger partial charge in [-0.1, -0.05) is 24.3 Å². The average Bonchev–Trinajstić information content (AvgIpc) is 2.88. The van der Waals surface area contributed by atoms with Gasteiger partial charge in [0.1, 0.15) is 5.82 Å². The van der Waals surface area contributed by atoms with Crippen LogP contribution in [0.15, 0.2) is 60.7 Å². The first kappa shape index (κ1) is 13.8. The summed E-state index contributed by atoms with van der Waals surface area (Å²) in [7, 11) is 0. The minimum atomic E-state index is -0.190. The first-order valence-corrected chi connectivity index (χ1v) is 8.19. The van der Waals surface area contributed by atoms with E-state index in [4.69, 9.17) is 0 Å². The van der Waals surface area contributed by atoms with Crippen LogP contribution < -0.4 is 0 Å². The van der Waals surface area contributed by atoms with Crippen molar-refractivity contribution in [3.8, 4) is 10.4 Å². The van der Waals surface area contributed by atoms with Crippen LogP contribution in [0, 0.1) is 9.39 Å². The molecule has 3 aromatic rings. The maximum Gasteiger partial charge on any atom is 0.123 e. The molecular formula is C17H12FIS. The highest BCUT2D eigenvalue weighted by Gasteiger charge is 2.04. The van der Waals surface area contributed by atoms with Crippen molar-refractivity contribution >= 4 is 33.9 Å². The Labute approximate surface area is 135 Å². The average molecular weight is 394 g/mol. The maximum atomic E-state index is 12.9. The van der Waals surface area contributed by atoms with Crippen LogP contribution in [0.2, 0.25) is 0 Å². The third-order valence-electron chi connectivity index (χ3n) is 3.06. The maximum absolute atomic E-state index is 12.9. The smallest absolute Gasteiger partial charge is 0.123 e. The Hall–Kier alpha value is -1.20. The predicted octanol–water partition coefficient (Wildman–Crippen LogP) is 5.75. The van der Waals surface area contributed by atoms with Crippen LogP contribution in [-0.4, -0.2) is 0 Å². The van der Waals surface area contributed by atoms with Gasteiger partial charge in [0.2, 0.25) is 0 Å². The van der Waals surface area contributed by atoms with Crippen LogP contribution in [-0.2, 0) is 6.42 Å². The molecule has 0 aliphatic rings. The van der Waals surface area contributed by atoms with Gasteiger partial charge in [0.05, 0.1) is 0 Å². The molecule has 3 heteroatoms. The van der Waals surface area contributed by atoms with Gasteiger partial charge in [-0.2, -0.15) is 0 Å². The first-order valence-electron chi connectivity index (χ1n) is 6.30. The molecule has 1 heterocycles. The monoisotopic (exact) mass is 394 g/mol. The molecule has 100 valence electrons. The van der Waals surface area contributed by atoms with Crippen molar-refractivity contribution in [2.45, 2.75) is 6.42 Å². The van der Waals surface area contributed by atoms with E-state index in [2.05, 4.69) is 59.0 Å². The molecule has 0 saturated carbocycles. The van der Waals surface area contributed by atoms with Crippen molar-refractivity contribution < 1.29 is 4.39 Å². The molecule has 0 saturated heterocycles. The molecule has 20 heavy (non-hydrogen) atoms. The van der Waals surface area contributed by atoms with E-state index >= 15 is 0 Å². The zero-order valence-corrected chi connectivity index (χ0v) is 13.6. The van der Waals surface area contributed by atoms with Gasteiger partial charge < -0.3 is 0 Å². The van der Waals surface area contributed by atoms with Gasteiger partial charge in [0, 0.05) is 19.7 Å². The van der Waals surface area contributed by atoms with E-state index in [1.165, 1.54) is 31.0 Å². The lowest BCUT2D eigenvalue weighted by Crippen LogP contribution is -1.84. The fourth-order valence-electron chi connectivity index (χ4n) is 2.09. The molecule has 3 rings (SSSR count). The number of rotatable bonds is 3. The van der Waals surface area contributed by atoms with Gasteiger partial charge >= 0.3 is 0 Å². The summed E-state index contributed by atoms with van der Waals surface area (Å²) in [5.41, 5.74) is 2.40. The lowest BCUT2D eigenvalue weighted by Gasteiger charge is -2.00. The van der Waals surface area contributed by atoms with Gasteiger partial charge in [0.25, 0.3) is 0 Å². The summed E-state index contributed by atoms with van der Waals surface area (Å²) in [6, 6.07) is 19.5. The Kier molecular flexibility index (Phi) is 4.17. The number of thiophene rings is 1. The van der Waals surface area contributed by atoms with Gasteiger partial charge in [-0.05, 0) is 70.1 Å². The highest BCUT2D eigenvalue weighted by molar-refractivity contribution is 14.1. The molecular weight excluding hydrogens is 382 g/mol. The minimum Gasteiger partial charge on any atom is -0.207 e. The molecule has 0 bridgehead atoms. The SMILES string of the molecule is Fc1ccc(-c2ccc(Cc3cccc(I)c3)s2)cc1. The van der Waals surface area contributed by atoms with Gasteiger partial charge in [0.15, 0.2) is 0 Å². The highest BCUT2D eigenvalue weighted by atomic mass is 127. The first-order chi connectivity index (χ1) is 9.70. The normalized spacial score (nSPS) is 10.7. The van der Waals surface area contributed by atoms with Gasteiger partial charge in [-0.3, -0.25) is 0 Å². The molecule has 0 aliphatic carbocycles.